The van der Waals surface area contributed by atoms with Crippen molar-refractivity contribution in [2.75, 3.05) is 0 Å². The number of benzene rings is 1. The van der Waals surface area contributed by atoms with Gasteiger partial charge < -0.3 is 0 Å². The van der Waals surface area contributed by atoms with E-state index in [9.17, 15) is 4.79 Å². The summed E-state index contributed by atoms with van der Waals surface area (Å²) in [6.45, 7) is 1.85. The number of pyridine rings is 1. The molecule has 0 radical (unpaired) electrons. The molecule has 3 nitrogen and oxygen atoms in total. The van der Waals surface area contributed by atoms with Crippen molar-refractivity contribution in [3.8, 4) is 0 Å². The molecule has 0 aliphatic carbocycles. The predicted molar refractivity (Wildman–Crippen MR) is 96.4 cm³/mol. The minimum Gasteiger partial charge on any atom is -0.269 e. The van der Waals surface area contributed by atoms with Gasteiger partial charge in [-0.15, -0.1) is 0 Å². The van der Waals surface area contributed by atoms with Crippen LogP contribution in [0.5, 0.6) is 0 Å². The van der Waals surface area contributed by atoms with Gasteiger partial charge in [0.25, 0.3) is 5.56 Å². The number of halogens is 3. The third-order valence-corrected chi connectivity index (χ3v) is 4.40. The first-order chi connectivity index (χ1) is 11.0. The van der Waals surface area contributed by atoms with Crippen molar-refractivity contribution in [1.29, 1.82) is 0 Å². The van der Waals surface area contributed by atoms with Crippen molar-refractivity contribution in [2.24, 2.45) is 0 Å². The standard InChI is InChI=1S/C17H11Cl3N2O/c1-10-3-2-4-16-21-15(9-17(23)22(10)16)14(20)8-11-5-6-12(18)13(19)7-11/h2-9H,1H3/b14-8-. The first-order valence-corrected chi connectivity index (χ1v) is 7.91. The highest BCUT2D eigenvalue weighted by molar-refractivity contribution is 6.51. The topological polar surface area (TPSA) is 34.4 Å². The minimum absolute atomic E-state index is 0.177. The average molecular weight is 366 g/mol. The highest BCUT2D eigenvalue weighted by Crippen LogP contribution is 2.26. The molecule has 0 aliphatic heterocycles. The van der Waals surface area contributed by atoms with Crippen molar-refractivity contribution < 1.29 is 0 Å². The molecule has 0 fully saturated rings. The Hall–Kier alpha value is -1.81. The Kier molecular flexibility index (Phi) is 4.44. The average Bonchev–Trinajstić information content (AvgIpc) is 2.50. The van der Waals surface area contributed by atoms with Crippen molar-refractivity contribution in [3.05, 3.63) is 79.8 Å². The normalized spacial score (nSPS) is 11.9. The van der Waals surface area contributed by atoms with E-state index in [0.717, 1.165) is 11.3 Å². The molecule has 0 unspecified atom stereocenters. The zero-order valence-electron chi connectivity index (χ0n) is 12.1. The van der Waals surface area contributed by atoms with E-state index >= 15 is 0 Å². The van der Waals surface area contributed by atoms with Crippen LogP contribution in [0.3, 0.4) is 0 Å². The molecular weight excluding hydrogens is 355 g/mol. The largest absolute Gasteiger partial charge is 0.269 e. The molecule has 0 atom stereocenters. The lowest BCUT2D eigenvalue weighted by molar-refractivity contribution is 0.986. The minimum atomic E-state index is -0.177. The second-order valence-corrected chi connectivity index (χ2v) is 6.23. The molecule has 3 aromatic rings. The second-order valence-electron chi connectivity index (χ2n) is 5.01. The van der Waals surface area contributed by atoms with Gasteiger partial charge in [0.2, 0.25) is 0 Å². The molecule has 0 spiro atoms. The fraction of sp³-hybridized carbons (Fsp3) is 0.0588. The Morgan fingerprint density at radius 3 is 2.65 bits per heavy atom. The molecule has 0 amide bonds. The molecule has 0 N–H and O–H groups in total. The highest BCUT2D eigenvalue weighted by Gasteiger charge is 2.07. The summed E-state index contributed by atoms with van der Waals surface area (Å²) in [5.41, 5.74) is 2.37. The SMILES string of the molecule is Cc1cccc2nc(/C(Cl)=C/c3ccc(Cl)c(Cl)c3)cc(=O)n12. The summed E-state index contributed by atoms with van der Waals surface area (Å²) < 4.78 is 1.53. The zero-order chi connectivity index (χ0) is 16.6. The summed E-state index contributed by atoms with van der Waals surface area (Å²) >= 11 is 18.2. The Morgan fingerprint density at radius 2 is 1.91 bits per heavy atom. The summed E-state index contributed by atoms with van der Waals surface area (Å²) in [4.78, 5) is 16.7. The predicted octanol–water partition coefficient (Wildman–Crippen LogP) is 5.05. The third kappa shape index (κ3) is 3.27. The lowest BCUT2D eigenvalue weighted by atomic mass is 10.2. The molecule has 0 aliphatic rings. The van der Waals surface area contributed by atoms with Gasteiger partial charge in [0.1, 0.15) is 5.65 Å². The van der Waals surface area contributed by atoms with Gasteiger partial charge in [-0.25, -0.2) is 4.98 Å². The van der Waals surface area contributed by atoms with E-state index in [0.29, 0.717) is 26.4 Å². The summed E-state index contributed by atoms with van der Waals surface area (Å²) in [5.74, 6) is 0. The van der Waals surface area contributed by atoms with Crippen LogP contribution in [0.1, 0.15) is 17.0 Å². The van der Waals surface area contributed by atoms with Crippen molar-refractivity contribution in [1.82, 2.24) is 9.38 Å². The van der Waals surface area contributed by atoms with Gasteiger partial charge >= 0.3 is 0 Å². The van der Waals surface area contributed by atoms with Gasteiger partial charge in [0.15, 0.2) is 0 Å². The van der Waals surface area contributed by atoms with Gasteiger partial charge in [-0.3, -0.25) is 9.20 Å². The van der Waals surface area contributed by atoms with Crippen LogP contribution in [0.4, 0.5) is 0 Å². The van der Waals surface area contributed by atoms with Crippen LogP contribution >= 0.6 is 34.8 Å². The molecule has 0 saturated heterocycles. The van der Waals surface area contributed by atoms with Gasteiger partial charge in [0.05, 0.1) is 20.8 Å². The van der Waals surface area contributed by atoms with E-state index in [1.165, 1.54) is 10.5 Å². The maximum absolute atomic E-state index is 12.3. The van der Waals surface area contributed by atoms with E-state index in [4.69, 9.17) is 34.8 Å². The van der Waals surface area contributed by atoms with Crippen LogP contribution in [0.25, 0.3) is 16.8 Å². The molecule has 0 saturated carbocycles. The number of rotatable bonds is 2. The van der Waals surface area contributed by atoms with Crippen LogP contribution in [0, 0.1) is 6.92 Å². The Morgan fingerprint density at radius 1 is 1.13 bits per heavy atom. The van der Waals surface area contributed by atoms with Crippen LogP contribution in [0.15, 0.2) is 47.3 Å². The highest BCUT2D eigenvalue weighted by atomic mass is 35.5. The Bertz CT molecular complexity index is 993. The summed E-state index contributed by atoms with van der Waals surface area (Å²) in [5, 5.41) is 1.26. The van der Waals surface area contributed by atoms with E-state index in [2.05, 4.69) is 4.98 Å². The lowest BCUT2D eigenvalue weighted by Crippen LogP contribution is -2.16. The van der Waals surface area contributed by atoms with E-state index in [1.807, 2.05) is 19.1 Å². The van der Waals surface area contributed by atoms with E-state index in [1.54, 1.807) is 30.3 Å². The lowest BCUT2D eigenvalue weighted by Gasteiger charge is -2.06. The van der Waals surface area contributed by atoms with Gasteiger partial charge in [-0.2, -0.15) is 0 Å². The van der Waals surface area contributed by atoms with Gasteiger partial charge in [-0.1, -0.05) is 46.9 Å². The molecular formula is C17H11Cl3N2O. The Labute approximate surface area is 147 Å². The number of aromatic nitrogens is 2. The molecule has 116 valence electrons. The van der Waals surface area contributed by atoms with Crippen molar-refractivity contribution in [2.45, 2.75) is 6.92 Å². The molecule has 23 heavy (non-hydrogen) atoms. The van der Waals surface area contributed by atoms with Crippen LogP contribution < -0.4 is 5.56 Å². The molecule has 2 heterocycles. The number of nitrogens with zero attached hydrogens (tertiary/aromatic N) is 2. The van der Waals surface area contributed by atoms with Gasteiger partial charge in [0, 0.05) is 11.8 Å². The number of aryl methyl sites for hydroxylation is 1. The van der Waals surface area contributed by atoms with Crippen LogP contribution in [-0.2, 0) is 0 Å². The quantitative estimate of drug-likeness (QED) is 0.637. The van der Waals surface area contributed by atoms with Crippen LogP contribution in [-0.4, -0.2) is 9.38 Å². The maximum atomic E-state index is 12.3. The molecule has 1 aromatic carbocycles. The number of hydrogen-bond acceptors (Lipinski definition) is 2. The fourth-order valence-electron chi connectivity index (χ4n) is 2.26. The second kappa shape index (κ2) is 6.36. The van der Waals surface area contributed by atoms with Crippen molar-refractivity contribution in [3.63, 3.8) is 0 Å². The molecule has 6 heteroatoms. The maximum Gasteiger partial charge on any atom is 0.258 e. The summed E-state index contributed by atoms with van der Waals surface area (Å²) in [6.07, 6.45) is 1.69. The molecule has 2 aromatic heterocycles. The van der Waals surface area contributed by atoms with Crippen molar-refractivity contribution >= 4 is 51.6 Å². The molecule has 3 rings (SSSR count). The van der Waals surface area contributed by atoms with E-state index < -0.39 is 0 Å². The Balaban J connectivity index is 2.10. The molecule has 0 bridgehead atoms. The third-order valence-electron chi connectivity index (χ3n) is 3.36. The summed E-state index contributed by atoms with van der Waals surface area (Å²) in [6, 6.07) is 12.0. The fourth-order valence-corrected chi connectivity index (χ4v) is 2.79. The smallest absolute Gasteiger partial charge is 0.258 e. The number of fused-ring (bicyclic) bond motifs is 1. The first kappa shape index (κ1) is 16.1. The number of hydrogen-bond donors (Lipinski definition) is 0. The monoisotopic (exact) mass is 364 g/mol. The van der Waals surface area contributed by atoms with E-state index in [-0.39, 0.29) is 5.56 Å². The summed E-state index contributed by atoms with van der Waals surface area (Å²) in [7, 11) is 0. The first-order valence-electron chi connectivity index (χ1n) is 6.78. The zero-order valence-corrected chi connectivity index (χ0v) is 14.3. The van der Waals surface area contributed by atoms with Gasteiger partial charge in [-0.05, 0) is 42.8 Å². The van der Waals surface area contributed by atoms with Crippen LogP contribution in [0.2, 0.25) is 10.0 Å².